The summed E-state index contributed by atoms with van der Waals surface area (Å²) in [5, 5.41) is 6.78. The second kappa shape index (κ2) is 12.7. The maximum Gasteiger partial charge on any atom is 0.191 e. The van der Waals surface area contributed by atoms with Crippen molar-refractivity contribution in [2.45, 2.75) is 45.6 Å². The molecule has 1 saturated heterocycles. The molecule has 1 aromatic carbocycles. The summed E-state index contributed by atoms with van der Waals surface area (Å²) in [5.74, 6) is 1.33. The zero-order chi connectivity index (χ0) is 18.5. The summed E-state index contributed by atoms with van der Waals surface area (Å²) in [5.41, 5.74) is 1.27. The molecule has 5 heteroatoms. The minimum Gasteiger partial charge on any atom is -0.382 e. The normalized spacial score (nSPS) is 20.8. The van der Waals surface area contributed by atoms with Gasteiger partial charge in [0.25, 0.3) is 0 Å². The zero-order valence-corrected chi connectivity index (χ0v) is 16.4. The van der Waals surface area contributed by atoms with Crippen molar-refractivity contribution in [1.29, 1.82) is 0 Å². The number of ether oxygens (including phenoxy) is 2. The quantitative estimate of drug-likeness (QED) is 0.380. The van der Waals surface area contributed by atoms with E-state index in [0.29, 0.717) is 5.92 Å². The summed E-state index contributed by atoms with van der Waals surface area (Å²) in [6.07, 6.45) is 4.60. The Morgan fingerprint density at radius 3 is 2.81 bits per heavy atom. The maximum atomic E-state index is 6.08. The van der Waals surface area contributed by atoms with Gasteiger partial charge in [-0.3, -0.25) is 4.99 Å². The largest absolute Gasteiger partial charge is 0.382 e. The van der Waals surface area contributed by atoms with Gasteiger partial charge in [0.2, 0.25) is 0 Å². The van der Waals surface area contributed by atoms with E-state index in [0.717, 1.165) is 71.1 Å². The van der Waals surface area contributed by atoms with Crippen LogP contribution in [0.3, 0.4) is 0 Å². The summed E-state index contributed by atoms with van der Waals surface area (Å²) in [6.45, 7) is 9.18. The van der Waals surface area contributed by atoms with E-state index in [4.69, 9.17) is 14.5 Å². The van der Waals surface area contributed by atoms with E-state index < -0.39 is 0 Å². The van der Waals surface area contributed by atoms with Crippen LogP contribution in [-0.2, 0) is 9.47 Å². The Bertz CT molecular complexity index is 507. The number of guanidine groups is 1. The molecule has 0 saturated carbocycles. The lowest BCUT2D eigenvalue weighted by atomic mass is 9.89. The molecule has 1 aliphatic heterocycles. The van der Waals surface area contributed by atoms with Crippen LogP contribution in [0.1, 0.15) is 51.2 Å². The summed E-state index contributed by atoms with van der Waals surface area (Å²) in [7, 11) is 0. The number of hydrogen-bond acceptors (Lipinski definition) is 3. The number of nitrogens with zero attached hydrogens (tertiary/aromatic N) is 1. The molecule has 5 nitrogen and oxygen atoms in total. The van der Waals surface area contributed by atoms with E-state index in [2.05, 4.69) is 47.9 Å². The van der Waals surface area contributed by atoms with Gasteiger partial charge in [0.05, 0.1) is 6.10 Å². The summed E-state index contributed by atoms with van der Waals surface area (Å²) in [4.78, 5) is 4.83. The highest BCUT2D eigenvalue weighted by molar-refractivity contribution is 5.79. The molecule has 0 aliphatic carbocycles. The van der Waals surface area contributed by atoms with Crippen LogP contribution >= 0.6 is 0 Å². The van der Waals surface area contributed by atoms with Crippen molar-refractivity contribution in [2.75, 3.05) is 39.5 Å². The van der Waals surface area contributed by atoms with Crippen LogP contribution in [0.5, 0.6) is 0 Å². The fraction of sp³-hybridized carbons (Fsp3) is 0.667. The lowest BCUT2D eigenvalue weighted by Crippen LogP contribution is -2.38. The minimum absolute atomic E-state index is 0.155. The van der Waals surface area contributed by atoms with Gasteiger partial charge >= 0.3 is 0 Å². The number of rotatable bonds is 10. The Labute approximate surface area is 158 Å². The van der Waals surface area contributed by atoms with Gasteiger partial charge in [-0.15, -0.1) is 0 Å². The van der Waals surface area contributed by atoms with Crippen molar-refractivity contribution < 1.29 is 9.47 Å². The van der Waals surface area contributed by atoms with E-state index >= 15 is 0 Å². The van der Waals surface area contributed by atoms with Crippen LogP contribution in [0.4, 0.5) is 0 Å². The van der Waals surface area contributed by atoms with Gasteiger partial charge < -0.3 is 20.1 Å². The zero-order valence-electron chi connectivity index (χ0n) is 16.4. The van der Waals surface area contributed by atoms with Gasteiger partial charge in [0.1, 0.15) is 0 Å². The Morgan fingerprint density at radius 1 is 1.19 bits per heavy atom. The van der Waals surface area contributed by atoms with E-state index in [1.165, 1.54) is 5.56 Å². The predicted molar refractivity (Wildman–Crippen MR) is 108 cm³/mol. The molecule has 2 N–H and O–H groups in total. The standard InChI is InChI=1S/C21H35N3O2/c1-3-22-21(23-14-8-9-15-25-4-2)24-17-19-13-10-16-26-20(19)18-11-6-5-7-12-18/h5-7,11-12,19-20H,3-4,8-10,13-17H2,1-2H3,(H2,22,23,24). The highest BCUT2D eigenvalue weighted by Gasteiger charge is 2.27. The van der Waals surface area contributed by atoms with Crippen LogP contribution in [0.2, 0.25) is 0 Å². The fourth-order valence-corrected chi connectivity index (χ4v) is 3.27. The molecule has 1 heterocycles. The molecular formula is C21H35N3O2. The van der Waals surface area contributed by atoms with E-state index in [1.54, 1.807) is 0 Å². The second-order valence-electron chi connectivity index (χ2n) is 6.65. The average Bonchev–Trinajstić information content (AvgIpc) is 2.69. The van der Waals surface area contributed by atoms with Crippen molar-refractivity contribution >= 4 is 5.96 Å². The van der Waals surface area contributed by atoms with Gasteiger partial charge in [-0.25, -0.2) is 0 Å². The molecule has 1 fully saturated rings. The van der Waals surface area contributed by atoms with Gasteiger partial charge in [0.15, 0.2) is 5.96 Å². The van der Waals surface area contributed by atoms with Gasteiger partial charge in [-0.05, 0) is 45.1 Å². The molecule has 2 rings (SSSR count). The number of benzene rings is 1. The number of unbranched alkanes of at least 4 members (excludes halogenated alkanes) is 1. The molecule has 2 atom stereocenters. The van der Waals surface area contributed by atoms with E-state index in [9.17, 15) is 0 Å². The van der Waals surface area contributed by atoms with Crippen LogP contribution in [0.15, 0.2) is 35.3 Å². The molecule has 0 radical (unpaired) electrons. The van der Waals surface area contributed by atoms with Gasteiger partial charge in [-0.2, -0.15) is 0 Å². The average molecular weight is 362 g/mol. The number of aliphatic imine (C=N–C) groups is 1. The fourth-order valence-electron chi connectivity index (χ4n) is 3.27. The third-order valence-electron chi connectivity index (χ3n) is 4.61. The van der Waals surface area contributed by atoms with E-state index in [1.807, 2.05) is 6.92 Å². The summed E-state index contributed by atoms with van der Waals surface area (Å²) < 4.78 is 11.5. The van der Waals surface area contributed by atoms with Gasteiger partial charge in [-0.1, -0.05) is 30.3 Å². The number of hydrogen-bond donors (Lipinski definition) is 2. The molecule has 26 heavy (non-hydrogen) atoms. The highest BCUT2D eigenvalue weighted by Crippen LogP contribution is 2.33. The van der Waals surface area contributed by atoms with Crippen LogP contribution in [0, 0.1) is 5.92 Å². The first kappa shape index (κ1) is 20.7. The van der Waals surface area contributed by atoms with Crippen molar-refractivity contribution in [3.05, 3.63) is 35.9 Å². The predicted octanol–water partition coefficient (Wildman–Crippen LogP) is 3.53. The highest BCUT2D eigenvalue weighted by atomic mass is 16.5. The van der Waals surface area contributed by atoms with Crippen molar-refractivity contribution in [3.63, 3.8) is 0 Å². The molecule has 0 amide bonds. The smallest absolute Gasteiger partial charge is 0.191 e. The first-order valence-electron chi connectivity index (χ1n) is 10.1. The van der Waals surface area contributed by atoms with Crippen molar-refractivity contribution in [2.24, 2.45) is 10.9 Å². The molecule has 1 aliphatic rings. The van der Waals surface area contributed by atoms with Crippen molar-refractivity contribution in [3.8, 4) is 0 Å². The molecule has 0 spiro atoms. The molecule has 2 unspecified atom stereocenters. The topological polar surface area (TPSA) is 54.9 Å². The molecule has 146 valence electrons. The Kier molecular flexibility index (Phi) is 10.1. The maximum absolute atomic E-state index is 6.08. The summed E-state index contributed by atoms with van der Waals surface area (Å²) in [6, 6.07) is 10.5. The second-order valence-corrected chi connectivity index (χ2v) is 6.65. The first-order chi connectivity index (χ1) is 12.8. The Hall–Kier alpha value is -1.59. The lowest BCUT2D eigenvalue weighted by molar-refractivity contribution is -0.0250. The van der Waals surface area contributed by atoms with Crippen molar-refractivity contribution in [1.82, 2.24) is 10.6 Å². The van der Waals surface area contributed by atoms with Crippen LogP contribution in [-0.4, -0.2) is 45.4 Å². The third kappa shape index (κ3) is 7.34. The molecule has 0 bridgehead atoms. The Balaban J connectivity index is 1.85. The van der Waals surface area contributed by atoms with Crippen LogP contribution in [0.25, 0.3) is 0 Å². The Morgan fingerprint density at radius 2 is 2.04 bits per heavy atom. The summed E-state index contributed by atoms with van der Waals surface area (Å²) >= 11 is 0. The molecular weight excluding hydrogens is 326 g/mol. The number of nitrogens with one attached hydrogen (secondary N) is 2. The monoisotopic (exact) mass is 361 g/mol. The van der Waals surface area contributed by atoms with E-state index in [-0.39, 0.29) is 6.10 Å². The lowest BCUT2D eigenvalue weighted by Gasteiger charge is -2.31. The third-order valence-corrected chi connectivity index (χ3v) is 4.61. The SMILES string of the molecule is CCNC(=NCC1CCCOC1c1ccccc1)NCCCCOCC. The molecule has 0 aromatic heterocycles. The van der Waals surface area contributed by atoms with Crippen LogP contribution < -0.4 is 10.6 Å². The van der Waals surface area contributed by atoms with Gasteiger partial charge in [0, 0.05) is 45.4 Å². The molecule has 1 aromatic rings. The first-order valence-corrected chi connectivity index (χ1v) is 10.1. The minimum atomic E-state index is 0.155.